The highest BCUT2D eigenvalue weighted by molar-refractivity contribution is 5.75. The maximum atomic E-state index is 11.4. The Morgan fingerprint density at radius 1 is 1.67 bits per heavy atom. The van der Waals surface area contributed by atoms with Crippen molar-refractivity contribution in [2.75, 3.05) is 0 Å². The minimum atomic E-state index is -1.09. The van der Waals surface area contributed by atoms with Gasteiger partial charge in [0.2, 0.25) is 0 Å². The Balaban J connectivity index is 4.19. The highest BCUT2D eigenvalue weighted by atomic mass is 19.1. The lowest BCUT2D eigenvalue weighted by Crippen LogP contribution is -2.20. The fourth-order valence-corrected chi connectivity index (χ4v) is 0.229. The summed E-state index contributed by atoms with van der Waals surface area (Å²) in [7, 11) is 0. The average molecular weight is 132 g/mol. The first kappa shape index (κ1) is 8.14. The molecule has 0 aromatic carbocycles. The van der Waals surface area contributed by atoms with Crippen LogP contribution in [0.4, 0.5) is 4.39 Å². The Morgan fingerprint density at radius 2 is 2.11 bits per heavy atom. The van der Waals surface area contributed by atoms with E-state index in [2.05, 4.69) is 0 Å². The number of halogens is 1. The molecule has 3 heteroatoms. The molecule has 1 N–H and O–H groups in total. The molecular weight excluding hydrogens is 123 g/mol. The number of hydrogen-bond donors (Lipinski definition) is 1. The quantitative estimate of drug-likeness (QED) is 0.619. The third-order valence-corrected chi connectivity index (χ3v) is 1.03. The molecule has 2 nitrogen and oxygen atoms in total. The molecule has 0 saturated carbocycles. The van der Waals surface area contributed by atoms with Crippen molar-refractivity contribution in [3.63, 3.8) is 0 Å². The molecule has 0 atom stereocenters. The van der Waals surface area contributed by atoms with Gasteiger partial charge in [0.1, 0.15) is 0 Å². The molecule has 0 rings (SSSR count). The van der Waals surface area contributed by atoms with Crippen molar-refractivity contribution in [1.29, 1.82) is 0 Å². The summed E-state index contributed by atoms with van der Waals surface area (Å²) in [5, 5.41) is 8.35. The van der Waals surface area contributed by atoms with Gasteiger partial charge in [-0.2, -0.15) is 0 Å². The number of rotatable bonds is 2. The molecular formula is C6H9FO2. The summed E-state index contributed by atoms with van der Waals surface area (Å²) in [4.78, 5) is 10.2. The van der Waals surface area contributed by atoms with Gasteiger partial charge in [-0.3, -0.25) is 4.79 Å². The molecule has 0 fully saturated rings. The van der Waals surface area contributed by atoms with E-state index in [1.165, 1.54) is 13.8 Å². The van der Waals surface area contributed by atoms with E-state index in [9.17, 15) is 9.18 Å². The first-order valence-electron chi connectivity index (χ1n) is 2.52. The SMILES string of the molecule is CC(C)(/C=C/F)C(=O)O. The van der Waals surface area contributed by atoms with Gasteiger partial charge in [0.25, 0.3) is 0 Å². The largest absolute Gasteiger partial charge is 0.481 e. The van der Waals surface area contributed by atoms with E-state index in [1.807, 2.05) is 0 Å². The van der Waals surface area contributed by atoms with Gasteiger partial charge >= 0.3 is 5.97 Å². The van der Waals surface area contributed by atoms with E-state index in [0.29, 0.717) is 0 Å². The highest BCUT2D eigenvalue weighted by Gasteiger charge is 2.22. The monoisotopic (exact) mass is 132 g/mol. The minimum absolute atomic E-state index is 0.244. The van der Waals surface area contributed by atoms with Crippen LogP contribution in [-0.4, -0.2) is 11.1 Å². The molecule has 0 aromatic rings. The van der Waals surface area contributed by atoms with Gasteiger partial charge < -0.3 is 5.11 Å². The van der Waals surface area contributed by atoms with Crippen LogP contribution in [0.15, 0.2) is 12.4 Å². The van der Waals surface area contributed by atoms with Gasteiger partial charge in [-0.05, 0) is 19.9 Å². The third kappa shape index (κ3) is 2.26. The number of hydrogen-bond acceptors (Lipinski definition) is 1. The van der Waals surface area contributed by atoms with Crippen LogP contribution in [0, 0.1) is 5.41 Å². The summed E-state index contributed by atoms with van der Waals surface area (Å²) < 4.78 is 11.4. The molecule has 0 aliphatic carbocycles. The van der Waals surface area contributed by atoms with Crippen LogP contribution in [0.25, 0.3) is 0 Å². The molecule has 0 saturated heterocycles. The van der Waals surface area contributed by atoms with E-state index in [1.54, 1.807) is 0 Å². The number of carboxylic acid groups (broad SMARTS) is 1. The van der Waals surface area contributed by atoms with Crippen molar-refractivity contribution in [3.05, 3.63) is 12.4 Å². The van der Waals surface area contributed by atoms with Crippen LogP contribution in [0.2, 0.25) is 0 Å². The van der Waals surface area contributed by atoms with Crippen molar-refractivity contribution >= 4 is 5.97 Å². The summed E-state index contributed by atoms with van der Waals surface area (Å²) in [6.45, 7) is 2.84. The summed E-state index contributed by atoms with van der Waals surface area (Å²) in [6.07, 6.45) is 1.24. The number of carbonyl (C=O) groups is 1. The maximum absolute atomic E-state index is 11.4. The normalized spacial score (nSPS) is 12.3. The molecule has 0 radical (unpaired) electrons. The van der Waals surface area contributed by atoms with Crippen molar-refractivity contribution in [1.82, 2.24) is 0 Å². The van der Waals surface area contributed by atoms with Gasteiger partial charge in [-0.15, -0.1) is 0 Å². The van der Waals surface area contributed by atoms with Gasteiger partial charge in [-0.1, -0.05) is 0 Å². The van der Waals surface area contributed by atoms with Crippen molar-refractivity contribution in [3.8, 4) is 0 Å². The fraction of sp³-hybridized carbons (Fsp3) is 0.500. The lowest BCUT2D eigenvalue weighted by Gasteiger charge is -2.10. The van der Waals surface area contributed by atoms with Gasteiger partial charge in [0, 0.05) is 0 Å². The average Bonchev–Trinajstić information content (AvgIpc) is 1.65. The molecule has 0 spiro atoms. The smallest absolute Gasteiger partial charge is 0.313 e. The molecule has 52 valence electrons. The standard InChI is InChI=1S/C6H9FO2/c1-6(2,3-4-7)5(8)9/h3-4H,1-2H3,(H,8,9)/b4-3+. The molecule has 0 unspecified atom stereocenters. The second kappa shape index (κ2) is 2.62. The highest BCUT2D eigenvalue weighted by Crippen LogP contribution is 2.16. The van der Waals surface area contributed by atoms with Gasteiger partial charge in [0.15, 0.2) is 0 Å². The Hall–Kier alpha value is -0.860. The summed E-state index contributed by atoms with van der Waals surface area (Å²) in [5.41, 5.74) is -1.09. The molecule has 0 aromatic heterocycles. The molecule has 0 aliphatic heterocycles. The lowest BCUT2D eigenvalue weighted by molar-refractivity contribution is -0.144. The van der Waals surface area contributed by atoms with Crippen LogP contribution >= 0.6 is 0 Å². The maximum Gasteiger partial charge on any atom is 0.313 e. The predicted molar refractivity (Wildman–Crippen MR) is 31.7 cm³/mol. The topological polar surface area (TPSA) is 37.3 Å². The number of aliphatic carboxylic acids is 1. The molecule has 9 heavy (non-hydrogen) atoms. The van der Waals surface area contributed by atoms with E-state index in [4.69, 9.17) is 5.11 Å². The third-order valence-electron chi connectivity index (χ3n) is 1.03. The van der Waals surface area contributed by atoms with Gasteiger partial charge in [0.05, 0.1) is 11.7 Å². The second-order valence-electron chi connectivity index (χ2n) is 2.32. The van der Waals surface area contributed by atoms with E-state index in [-0.39, 0.29) is 6.33 Å². The zero-order chi connectivity index (χ0) is 7.49. The second-order valence-corrected chi connectivity index (χ2v) is 2.32. The zero-order valence-corrected chi connectivity index (χ0v) is 5.39. The first-order chi connectivity index (χ1) is 4.00. The predicted octanol–water partition coefficient (Wildman–Crippen LogP) is 1.58. The van der Waals surface area contributed by atoms with Crippen LogP contribution in [-0.2, 0) is 4.79 Å². The fourth-order valence-electron chi connectivity index (χ4n) is 0.229. The van der Waals surface area contributed by atoms with E-state index in [0.717, 1.165) is 6.08 Å². The van der Waals surface area contributed by atoms with E-state index >= 15 is 0 Å². The Morgan fingerprint density at radius 3 is 2.22 bits per heavy atom. The zero-order valence-electron chi connectivity index (χ0n) is 5.39. The number of carboxylic acids is 1. The lowest BCUT2D eigenvalue weighted by atomic mass is 9.94. The Bertz CT molecular complexity index is 138. The first-order valence-corrected chi connectivity index (χ1v) is 2.52. The van der Waals surface area contributed by atoms with Crippen molar-refractivity contribution < 1.29 is 14.3 Å². The van der Waals surface area contributed by atoms with Crippen molar-refractivity contribution in [2.45, 2.75) is 13.8 Å². The molecule has 0 amide bonds. The van der Waals surface area contributed by atoms with E-state index < -0.39 is 11.4 Å². The summed E-state index contributed by atoms with van der Waals surface area (Å²) >= 11 is 0. The van der Waals surface area contributed by atoms with Crippen LogP contribution in [0.3, 0.4) is 0 Å². The van der Waals surface area contributed by atoms with Crippen LogP contribution in [0.5, 0.6) is 0 Å². The van der Waals surface area contributed by atoms with Crippen molar-refractivity contribution in [2.24, 2.45) is 5.41 Å². The summed E-state index contributed by atoms with van der Waals surface area (Å²) in [5.74, 6) is -1.03. The van der Waals surface area contributed by atoms with Crippen LogP contribution in [0.1, 0.15) is 13.8 Å². The van der Waals surface area contributed by atoms with Gasteiger partial charge in [-0.25, -0.2) is 4.39 Å². The molecule has 0 aliphatic rings. The Labute approximate surface area is 53.0 Å². The van der Waals surface area contributed by atoms with Crippen LogP contribution < -0.4 is 0 Å². The molecule has 0 bridgehead atoms. The minimum Gasteiger partial charge on any atom is -0.481 e. The molecule has 0 heterocycles. The summed E-state index contributed by atoms with van der Waals surface area (Å²) in [6, 6.07) is 0. The Kier molecular flexibility index (Phi) is 2.37.